The van der Waals surface area contributed by atoms with Crippen molar-refractivity contribution in [1.82, 2.24) is 0 Å². The summed E-state index contributed by atoms with van der Waals surface area (Å²) < 4.78 is 0. The molecule has 0 aliphatic rings. The second kappa shape index (κ2) is 4.92. The van der Waals surface area contributed by atoms with Gasteiger partial charge in [-0.05, 0) is 37.1 Å². The third kappa shape index (κ3) is 2.20. The van der Waals surface area contributed by atoms with Gasteiger partial charge in [0.2, 0.25) is 0 Å². The van der Waals surface area contributed by atoms with Gasteiger partial charge in [0, 0.05) is 0 Å². The van der Waals surface area contributed by atoms with Gasteiger partial charge in [-0.2, -0.15) is 0 Å². The Morgan fingerprint density at radius 2 is 1.28 bits per heavy atom. The van der Waals surface area contributed by atoms with Crippen molar-refractivity contribution in [3.63, 3.8) is 0 Å². The lowest BCUT2D eigenvalue weighted by Crippen LogP contribution is -2.32. The van der Waals surface area contributed by atoms with Crippen molar-refractivity contribution in [2.24, 2.45) is 5.73 Å². The molecule has 0 unspecified atom stereocenters. The standard InChI is InChI=1S/C15H16N2O/c1-11-7-3-5-9-13(11)17(15(16)18)14-10-6-4-8-12(14)2/h3-10H,1-2H3,(H2,16,18). The number of hydrogen-bond donors (Lipinski definition) is 1. The Balaban J connectivity index is 2.58. The minimum atomic E-state index is -0.474. The van der Waals surface area contributed by atoms with Crippen molar-refractivity contribution in [3.8, 4) is 0 Å². The quantitative estimate of drug-likeness (QED) is 0.857. The highest BCUT2D eigenvalue weighted by Crippen LogP contribution is 2.30. The first-order valence-corrected chi connectivity index (χ1v) is 5.82. The minimum absolute atomic E-state index is 0.474. The molecule has 18 heavy (non-hydrogen) atoms. The highest BCUT2D eigenvalue weighted by molar-refractivity contribution is 5.99. The summed E-state index contributed by atoms with van der Waals surface area (Å²) >= 11 is 0. The Bertz CT molecular complexity index is 533. The van der Waals surface area contributed by atoms with Crippen molar-refractivity contribution < 1.29 is 4.79 Å². The molecule has 2 N–H and O–H groups in total. The number of amides is 2. The summed E-state index contributed by atoms with van der Waals surface area (Å²) in [6, 6.07) is 14.9. The van der Waals surface area contributed by atoms with Crippen molar-refractivity contribution >= 4 is 17.4 Å². The maximum absolute atomic E-state index is 11.8. The molecule has 0 aliphatic carbocycles. The number of rotatable bonds is 2. The van der Waals surface area contributed by atoms with E-state index in [1.165, 1.54) is 0 Å². The van der Waals surface area contributed by atoms with Crippen LogP contribution in [0.1, 0.15) is 11.1 Å². The fraction of sp³-hybridized carbons (Fsp3) is 0.133. The highest BCUT2D eigenvalue weighted by Gasteiger charge is 2.17. The molecule has 2 amide bonds. The first-order valence-electron chi connectivity index (χ1n) is 5.82. The number of carbonyl (C=O) groups is 1. The molecule has 0 aromatic heterocycles. The largest absolute Gasteiger partial charge is 0.351 e. The molecule has 0 aliphatic heterocycles. The molecule has 2 aromatic carbocycles. The van der Waals surface area contributed by atoms with Crippen LogP contribution < -0.4 is 10.6 Å². The van der Waals surface area contributed by atoms with Crippen LogP contribution >= 0.6 is 0 Å². The van der Waals surface area contributed by atoms with Gasteiger partial charge in [0.25, 0.3) is 0 Å². The SMILES string of the molecule is Cc1ccccc1N(C(N)=O)c1ccccc1C. The molecule has 0 atom stereocenters. The van der Waals surface area contributed by atoms with Crippen LogP contribution in [0.25, 0.3) is 0 Å². The van der Waals surface area contributed by atoms with Crippen molar-refractivity contribution in [1.29, 1.82) is 0 Å². The average Bonchev–Trinajstić information content (AvgIpc) is 2.34. The lowest BCUT2D eigenvalue weighted by Gasteiger charge is -2.24. The van der Waals surface area contributed by atoms with Gasteiger partial charge in [-0.1, -0.05) is 36.4 Å². The van der Waals surface area contributed by atoms with Gasteiger partial charge in [0.1, 0.15) is 0 Å². The zero-order valence-corrected chi connectivity index (χ0v) is 10.6. The van der Waals surface area contributed by atoms with Gasteiger partial charge in [-0.25, -0.2) is 4.79 Å². The number of urea groups is 1. The number of nitrogens with zero attached hydrogens (tertiary/aromatic N) is 1. The summed E-state index contributed by atoms with van der Waals surface area (Å²) in [5.74, 6) is 0. The van der Waals surface area contributed by atoms with Crippen LogP contribution in [0.4, 0.5) is 16.2 Å². The van der Waals surface area contributed by atoms with Gasteiger partial charge < -0.3 is 5.73 Å². The molecule has 2 aromatic rings. The Morgan fingerprint density at radius 1 is 0.889 bits per heavy atom. The molecule has 0 bridgehead atoms. The summed E-state index contributed by atoms with van der Waals surface area (Å²) in [5.41, 5.74) is 9.19. The number of carbonyl (C=O) groups excluding carboxylic acids is 1. The fourth-order valence-electron chi connectivity index (χ4n) is 2.00. The van der Waals surface area contributed by atoms with Crippen LogP contribution in [0.2, 0.25) is 0 Å². The van der Waals surface area contributed by atoms with E-state index in [2.05, 4.69) is 0 Å². The monoisotopic (exact) mass is 240 g/mol. The smallest absolute Gasteiger partial charge is 0.323 e. The van der Waals surface area contributed by atoms with Crippen LogP contribution in [0, 0.1) is 13.8 Å². The molecule has 3 heteroatoms. The lowest BCUT2D eigenvalue weighted by molar-refractivity contribution is 0.256. The molecule has 0 heterocycles. The molecule has 0 radical (unpaired) electrons. The molecular weight excluding hydrogens is 224 g/mol. The lowest BCUT2D eigenvalue weighted by atomic mass is 10.1. The van der Waals surface area contributed by atoms with Crippen molar-refractivity contribution in [3.05, 3.63) is 59.7 Å². The fourth-order valence-corrected chi connectivity index (χ4v) is 2.00. The number of para-hydroxylation sites is 2. The second-order valence-corrected chi connectivity index (χ2v) is 4.25. The van der Waals surface area contributed by atoms with Crippen molar-refractivity contribution in [2.45, 2.75) is 13.8 Å². The molecule has 2 rings (SSSR count). The maximum atomic E-state index is 11.8. The van der Waals surface area contributed by atoms with Gasteiger partial charge in [-0.3, -0.25) is 4.90 Å². The van der Waals surface area contributed by atoms with Gasteiger partial charge in [0.05, 0.1) is 11.4 Å². The predicted octanol–water partition coefficient (Wildman–Crippen LogP) is 3.52. The van der Waals surface area contributed by atoms with Crippen LogP contribution in [-0.4, -0.2) is 6.03 Å². The van der Waals surface area contributed by atoms with Gasteiger partial charge >= 0.3 is 6.03 Å². The van der Waals surface area contributed by atoms with E-state index >= 15 is 0 Å². The Hall–Kier alpha value is -2.29. The summed E-state index contributed by atoms with van der Waals surface area (Å²) in [4.78, 5) is 13.3. The first kappa shape index (κ1) is 12.2. The Labute approximate surface area is 107 Å². The number of nitrogens with two attached hydrogens (primary N) is 1. The molecule has 92 valence electrons. The average molecular weight is 240 g/mol. The van der Waals surface area contributed by atoms with E-state index in [0.717, 1.165) is 22.5 Å². The Kier molecular flexibility index (Phi) is 3.33. The van der Waals surface area contributed by atoms with E-state index in [4.69, 9.17) is 5.73 Å². The molecule has 3 nitrogen and oxygen atoms in total. The molecule has 0 saturated heterocycles. The molecular formula is C15H16N2O. The van der Waals surface area contributed by atoms with Gasteiger partial charge in [0.15, 0.2) is 0 Å². The molecule has 0 saturated carbocycles. The summed E-state index contributed by atoms with van der Waals surface area (Å²) in [7, 11) is 0. The van der Waals surface area contributed by atoms with Crippen molar-refractivity contribution in [2.75, 3.05) is 4.90 Å². The van der Waals surface area contributed by atoms with E-state index in [1.54, 1.807) is 4.90 Å². The number of hydrogen-bond acceptors (Lipinski definition) is 1. The summed E-state index contributed by atoms with van der Waals surface area (Å²) in [6.07, 6.45) is 0. The van der Waals surface area contributed by atoms with E-state index < -0.39 is 6.03 Å². The number of anilines is 2. The van der Waals surface area contributed by atoms with Gasteiger partial charge in [-0.15, -0.1) is 0 Å². The van der Waals surface area contributed by atoms with Crippen LogP contribution in [-0.2, 0) is 0 Å². The zero-order chi connectivity index (χ0) is 13.1. The maximum Gasteiger partial charge on any atom is 0.323 e. The van der Waals surface area contributed by atoms with E-state index in [9.17, 15) is 4.79 Å². The third-order valence-electron chi connectivity index (χ3n) is 2.93. The normalized spacial score (nSPS) is 10.1. The number of aryl methyl sites for hydroxylation is 2. The highest BCUT2D eigenvalue weighted by atomic mass is 16.2. The number of benzene rings is 2. The molecule has 0 fully saturated rings. The van der Waals surface area contributed by atoms with Crippen LogP contribution in [0.15, 0.2) is 48.5 Å². The Morgan fingerprint density at radius 3 is 1.61 bits per heavy atom. The zero-order valence-electron chi connectivity index (χ0n) is 10.6. The molecule has 0 spiro atoms. The van der Waals surface area contributed by atoms with E-state index in [-0.39, 0.29) is 0 Å². The predicted molar refractivity (Wildman–Crippen MR) is 74.1 cm³/mol. The topological polar surface area (TPSA) is 46.3 Å². The third-order valence-corrected chi connectivity index (χ3v) is 2.93. The second-order valence-electron chi connectivity index (χ2n) is 4.25. The summed E-state index contributed by atoms with van der Waals surface area (Å²) in [5, 5.41) is 0. The summed E-state index contributed by atoms with van der Waals surface area (Å²) in [6.45, 7) is 3.92. The van der Waals surface area contributed by atoms with Crippen LogP contribution in [0.3, 0.4) is 0 Å². The van der Waals surface area contributed by atoms with E-state index in [1.807, 2.05) is 62.4 Å². The first-order chi connectivity index (χ1) is 8.61. The van der Waals surface area contributed by atoms with Crippen LogP contribution in [0.5, 0.6) is 0 Å². The minimum Gasteiger partial charge on any atom is -0.351 e. The van der Waals surface area contributed by atoms with E-state index in [0.29, 0.717) is 0 Å². The number of primary amides is 1.